The minimum absolute atomic E-state index is 0.307. The lowest BCUT2D eigenvalue weighted by molar-refractivity contribution is -0.0145. The van der Waals surface area contributed by atoms with Gasteiger partial charge in [-0.1, -0.05) is 26.2 Å². The number of hydrogen-bond donors (Lipinski definition) is 1. The average molecular weight is 254 g/mol. The Morgan fingerprint density at radius 1 is 1.22 bits per heavy atom. The molecular weight excluding hydrogens is 224 g/mol. The van der Waals surface area contributed by atoms with E-state index in [4.69, 9.17) is 4.74 Å². The maximum atomic E-state index is 5.30. The van der Waals surface area contributed by atoms with E-state index >= 15 is 0 Å². The zero-order valence-corrected chi connectivity index (χ0v) is 12.4. The summed E-state index contributed by atoms with van der Waals surface area (Å²) < 4.78 is 5.30. The van der Waals surface area contributed by atoms with Crippen LogP contribution in [0.2, 0.25) is 0 Å². The lowest BCUT2D eigenvalue weighted by Crippen LogP contribution is -2.69. The van der Waals surface area contributed by atoms with Crippen LogP contribution in [0.25, 0.3) is 0 Å². The molecule has 1 unspecified atom stereocenters. The van der Waals surface area contributed by atoms with Gasteiger partial charge >= 0.3 is 0 Å². The zero-order valence-electron chi connectivity index (χ0n) is 12.4. The smallest absolute Gasteiger partial charge is 0.0589 e. The van der Waals surface area contributed by atoms with E-state index in [1.165, 1.54) is 45.1 Å². The standard InChI is InChI=1S/C15H30N2O/c1-4-14(2)12-16-15(8-6-5-7-9-15)13-17(14)10-11-18-3/h16H,4-13H2,1-3H3. The van der Waals surface area contributed by atoms with Crippen molar-refractivity contribution in [2.75, 3.05) is 33.4 Å². The first-order chi connectivity index (χ1) is 8.64. The van der Waals surface area contributed by atoms with E-state index < -0.39 is 0 Å². The summed E-state index contributed by atoms with van der Waals surface area (Å²) in [6, 6.07) is 0. The summed E-state index contributed by atoms with van der Waals surface area (Å²) in [4.78, 5) is 2.68. The van der Waals surface area contributed by atoms with Gasteiger partial charge in [-0.05, 0) is 26.2 Å². The van der Waals surface area contributed by atoms with Crippen LogP contribution in [0.5, 0.6) is 0 Å². The third-order valence-corrected chi connectivity index (χ3v) is 5.24. The molecule has 2 fully saturated rings. The van der Waals surface area contributed by atoms with Gasteiger partial charge in [0.05, 0.1) is 6.61 Å². The van der Waals surface area contributed by atoms with Gasteiger partial charge in [0.1, 0.15) is 0 Å². The molecule has 1 atom stereocenters. The van der Waals surface area contributed by atoms with E-state index in [2.05, 4.69) is 24.1 Å². The summed E-state index contributed by atoms with van der Waals surface area (Å²) in [5, 5.41) is 3.90. The Morgan fingerprint density at radius 3 is 2.56 bits per heavy atom. The van der Waals surface area contributed by atoms with E-state index in [9.17, 15) is 0 Å². The predicted molar refractivity (Wildman–Crippen MR) is 76.0 cm³/mol. The van der Waals surface area contributed by atoms with Crippen LogP contribution in [-0.4, -0.2) is 49.3 Å². The van der Waals surface area contributed by atoms with Crippen molar-refractivity contribution in [2.24, 2.45) is 0 Å². The van der Waals surface area contributed by atoms with Crippen LogP contribution in [0.15, 0.2) is 0 Å². The molecule has 0 bridgehead atoms. The van der Waals surface area contributed by atoms with Crippen LogP contribution in [0.3, 0.4) is 0 Å². The Labute approximate surface area is 112 Å². The number of rotatable bonds is 4. The number of ether oxygens (including phenoxy) is 1. The third-order valence-electron chi connectivity index (χ3n) is 5.24. The molecule has 3 nitrogen and oxygen atoms in total. The van der Waals surface area contributed by atoms with Gasteiger partial charge in [-0.3, -0.25) is 4.90 Å². The normalized spacial score (nSPS) is 32.8. The Kier molecular flexibility index (Phi) is 4.68. The van der Waals surface area contributed by atoms with Crippen molar-refractivity contribution in [3.05, 3.63) is 0 Å². The first-order valence-electron chi connectivity index (χ1n) is 7.63. The highest BCUT2D eigenvalue weighted by atomic mass is 16.5. The molecule has 0 radical (unpaired) electrons. The van der Waals surface area contributed by atoms with Crippen molar-refractivity contribution in [3.8, 4) is 0 Å². The van der Waals surface area contributed by atoms with Crippen LogP contribution in [0.1, 0.15) is 52.4 Å². The lowest BCUT2D eigenvalue weighted by atomic mass is 9.77. The molecule has 1 aliphatic carbocycles. The van der Waals surface area contributed by atoms with E-state index in [0.29, 0.717) is 11.1 Å². The number of nitrogens with zero attached hydrogens (tertiary/aromatic N) is 1. The van der Waals surface area contributed by atoms with Crippen LogP contribution in [-0.2, 0) is 4.74 Å². The minimum Gasteiger partial charge on any atom is -0.383 e. The topological polar surface area (TPSA) is 24.5 Å². The SMILES string of the molecule is CCC1(C)CNC2(CCCCC2)CN1CCOC. The molecule has 0 aromatic rings. The quantitative estimate of drug-likeness (QED) is 0.834. The minimum atomic E-state index is 0.307. The highest BCUT2D eigenvalue weighted by Crippen LogP contribution is 2.35. The van der Waals surface area contributed by atoms with Crippen molar-refractivity contribution in [3.63, 3.8) is 0 Å². The average Bonchev–Trinajstić information content (AvgIpc) is 2.41. The summed E-state index contributed by atoms with van der Waals surface area (Å²) in [6.45, 7) is 8.97. The van der Waals surface area contributed by atoms with Gasteiger partial charge in [0, 0.05) is 37.8 Å². The number of nitrogens with one attached hydrogen (secondary N) is 1. The summed E-state index contributed by atoms with van der Waals surface area (Å²) in [6.07, 6.45) is 8.14. The van der Waals surface area contributed by atoms with Gasteiger partial charge in [-0.15, -0.1) is 0 Å². The molecule has 1 saturated heterocycles. The number of methoxy groups -OCH3 is 1. The Bertz CT molecular complexity index is 263. The molecule has 1 spiro atoms. The molecule has 1 saturated carbocycles. The fourth-order valence-electron chi connectivity index (χ4n) is 3.56. The number of piperazine rings is 1. The second kappa shape index (κ2) is 5.89. The van der Waals surface area contributed by atoms with Gasteiger partial charge in [0.25, 0.3) is 0 Å². The predicted octanol–water partition coefficient (Wildman–Crippen LogP) is 2.41. The Balaban J connectivity index is 2.04. The van der Waals surface area contributed by atoms with Crippen molar-refractivity contribution in [1.82, 2.24) is 10.2 Å². The summed E-state index contributed by atoms with van der Waals surface area (Å²) >= 11 is 0. The second-order valence-corrected chi connectivity index (χ2v) is 6.46. The molecule has 0 aromatic carbocycles. The van der Waals surface area contributed by atoms with Crippen LogP contribution >= 0.6 is 0 Å². The van der Waals surface area contributed by atoms with Gasteiger partial charge in [0.2, 0.25) is 0 Å². The van der Waals surface area contributed by atoms with Crippen molar-refractivity contribution >= 4 is 0 Å². The lowest BCUT2D eigenvalue weighted by Gasteiger charge is -2.54. The molecule has 1 N–H and O–H groups in total. The van der Waals surface area contributed by atoms with Crippen LogP contribution < -0.4 is 5.32 Å². The van der Waals surface area contributed by atoms with Crippen molar-refractivity contribution in [2.45, 2.75) is 63.5 Å². The molecular formula is C15H30N2O. The molecule has 2 rings (SSSR count). The summed E-state index contributed by atoms with van der Waals surface area (Å²) in [7, 11) is 1.81. The zero-order chi connectivity index (χ0) is 13.1. The maximum Gasteiger partial charge on any atom is 0.0589 e. The van der Waals surface area contributed by atoms with E-state index in [-0.39, 0.29) is 0 Å². The third kappa shape index (κ3) is 2.89. The fraction of sp³-hybridized carbons (Fsp3) is 1.00. The van der Waals surface area contributed by atoms with Crippen molar-refractivity contribution in [1.29, 1.82) is 0 Å². The highest BCUT2D eigenvalue weighted by Gasteiger charge is 2.44. The summed E-state index contributed by atoms with van der Waals surface area (Å²) in [5.74, 6) is 0. The van der Waals surface area contributed by atoms with Gasteiger partial charge in [-0.25, -0.2) is 0 Å². The highest BCUT2D eigenvalue weighted by molar-refractivity contribution is 5.04. The Morgan fingerprint density at radius 2 is 1.94 bits per heavy atom. The van der Waals surface area contributed by atoms with Crippen LogP contribution in [0.4, 0.5) is 0 Å². The van der Waals surface area contributed by atoms with Gasteiger partial charge < -0.3 is 10.1 Å². The van der Waals surface area contributed by atoms with E-state index in [1.54, 1.807) is 0 Å². The second-order valence-electron chi connectivity index (χ2n) is 6.46. The molecule has 106 valence electrons. The van der Waals surface area contributed by atoms with Crippen LogP contribution in [0, 0.1) is 0 Å². The molecule has 2 aliphatic rings. The number of hydrogen-bond acceptors (Lipinski definition) is 3. The van der Waals surface area contributed by atoms with E-state index in [1.807, 2.05) is 7.11 Å². The molecule has 18 heavy (non-hydrogen) atoms. The summed E-state index contributed by atoms with van der Waals surface area (Å²) in [5.41, 5.74) is 0.710. The largest absolute Gasteiger partial charge is 0.383 e. The molecule has 1 aliphatic heterocycles. The fourth-order valence-corrected chi connectivity index (χ4v) is 3.56. The first-order valence-corrected chi connectivity index (χ1v) is 7.63. The van der Waals surface area contributed by atoms with Gasteiger partial charge in [0.15, 0.2) is 0 Å². The molecule has 0 amide bonds. The first kappa shape index (κ1) is 14.3. The molecule has 0 aromatic heterocycles. The Hall–Kier alpha value is -0.120. The van der Waals surface area contributed by atoms with Crippen molar-refractivity contribution < 1.29 is 4.74 Å². The van der Waals surface area contributed by atoms with Gasteiger partial charge in [-0.2, -0.15) is 0 Å². The molecule has 1 heterocycles. The molecule has 3 heteroatoms. The monoisotopic (exact) mass is 254 g/mol. The maximum absolute atomic E-state index is 5.30. The van der Waals surface area contributed by atoms with E-state index in [0.717, 1.165) is 19.7 Å².